The van der Waals surface area contributed by atoms with Crippen LogP contribution in [0.2, 0.25) is 0 Å². The summed E-state index contributed by atoms with van der Waals surface area (Å²) in [4.78, 5) is 6.44. The smallest absolute Gasteiger partial charge is 0.120 e. The molecule has 0 fully saturated rings. The maximum Gasteiger partial charge on any atom is 0.120 e. The van der Waals surface area contributed by atoms with Gasteiger partial charge in [-0.2, -0.15) is 0 Å². The SMILES string of the molecule is Cc1cc(CN(C)Cc2cscn2)oc1CN. The van der Waals surface area contributed by atoms with Crippen LogP contribution in [0.4, 0.5) is 0 Å². The highest BCUT2D eigenvalue weighted by Gasteiger charge is 2.09. The average Bonchev–Trinajstić information content (AvgIpc) is 2.88. The molecule has 0 aromatic carbocycles. The van der Waals surface area contributed by atoms with E-state index in [1.807, 2.05) is 12.4 Å². The fraction of sp³-hybridized carbons (Fsp3) is 0.417. The second-order valence-electron chi connectivity index (χ2n) is 4.18. The highest BCUT2D eigenvalue weighted by molar-refractivity contribution is 7.07. The van der Waals surface area contributed by atoms with Gasteiger partial charge < -0.3 is 10.2 Å². The minimum Gasteiger partial charge on any atom is -0.463 e. The Balaban J connectivity index is 1.95. The summed E-state index contributed by atoms with van der Waals surface area (Å²) >= 11 is 1.62. The number of hydrogen-bond donors (Lipinski definition) is 1. The van der Waals surface area contributed by atoms with Crippen LogP contribution in [0.1, 0.15) is 22.8 Å². The van der Waals surface area contributed by atoms with E-state index in [2.05, 4.69) is 28.4 Å². The molecule has 0 radical (unpaired) electrons. The molecule has 2 aromatic rings. The third-order valence-electron chi connectivity index (χ3n) is 2.60. The molecule has 2 aromatic heterocycles. The van der Waals surface area contributed by atoms with E-state index in [-0.39, 0.29) is 0 Å². The number of rotatable bonds is 5. The van der Waals surface area contributed by atoms with Gasteiger partial charge in [-0.3, -0.25) is 4.90 Å². The van der Waals surface area contributed by atoms with E-state index in [1.165, 1.54) is 0 Å². The Morgan fingerprint density at radius 1 is 1.47 bits per heavy atom. The van der Waals surface area contributed by atoms with Crippen molar-refractivity contribution in [2.75, 3.05) is 7.05 Å². The summed E-state index contributed by atoms with van der Waals surface area (Å²) in [6.45, 7) is 4.09. The minimum absolute atomic E-state index is 0.460. The zero-order chi connectivity index (χ0) is 12.3. The molecule has 2 rings (SSSR count). The van der Waals surface area contributed by atoms with Gasteiger partial charge in [0.15, 0.2) is 0 Å². The van der Waals surface area contributed by atoms with Crippen molar-refractivity contribution >= 4 is 11.3 Å². The highest BCUT2D eigenvalue weighted by atomic mass is 32.1. The molecule has 2 N–H and O–H groups in total. The van der Waals surface area contributed by atoms with E-state index < -0.39 is 0 Å². The lowest BCUT2D eigenvalue weighted by Gasteiger charge is -2.13. The Morgan fingerprint density at radius 3 is 2.88 bits per heavy atom. The lowest BCUT2D eigenvalue weighted by Crippen LogP contribution is -2.16. The van der Waals surface area contributed by atoms with Gasteiger partial charge in [0.05, 0.1) is 24.3 Å². The highest BCUT2D eigenvalue weighted by Crippen LogP contribution is 2.16. The number of nitrogens with two attached hydrogens (primary N) is 1. The standard InChI is InChI=1S/C12H17N3OS/c1-9-3-11(16-12(9)4-13)6-15(2)5-10-7-17-8-14-10/h3,7-8H,4-6,13H2,1-2H3. The number of thiazole rings is 1. The van der Waals surface area contributed by atoms with Crippen molar-refractivity contribution in [2.45, 2.75) is 26.6 Å². The van der Waals surface area contributed by atoms with Crippen LogP contribution in [0, 0.1) is 6.92 Å². The summed E-state index contributed by atoms with van der Waals surface area (Å²) in [5.74, 6) is 1.84. The van der Waals surface area contributed by atoms with E-state index in [0.717, 1.165) is 35.9 Å². The lowest BCUT2D eigenvalue weighted by atomic mass is 10.2. The van der Waals surface area contributed by atoms with Crippen molar-refractivity contribution in [1.82, 2.24) is 9.88 Å². The number of aryl methyl sites for hydroxylation is 1. The number of aromatic nitrogens is 1. The Kier molecular flexibility index (Phi) is 3.93. The van der Waals surface area contributed by atoms with Crippen LogP contribution in [0.15, 0.2) is 21.4 Å². The maximum atomic E-state index is 5.67. The lowest BCUT2D eigenvalue weighted by molar-refractivity contribution is 0.281. The van der Waals surface area contributed by atoms with Crippen LogP contribution in [0.5, 0.6) is 0 Å². The molecule has 5 heteroatoms. The summed E-state index contributed by atoms with van der Waals surface area (Å²) in [5.41, 5.74) is 9.67. The third kappa shape index (κ3) is 3.15. The minimum atomic E-state index is 0.460. The summed E-state index contributed by atoms with van der Waals surface area (Å²) in [5, 5.41) is 2.06. The third-order valence-corrected chi connectivity index (χ3v) is 3.23. The van der Waals surface area contributed by atoms with Crippen molar-refractivity contribution in [3.8, 4) is 0 Å². The van der Waals surface area contributed by atoms with E-state index in [1.54, 1.807) is 11.3 Å². The monoisotopic (exact) mass is 251 g/mol. The molecule has 0 saturated heterocycles. The first-order valence-corrected chi connectivity index (χ1v) is 6.47. The van der Waals surface area contributed by atoms with Gasteiger partial charge in [-0.1, -0.05) is 0 Å². The van der Waals surface area contributed by atoms with E-state index in [0.29, 0.717) is 6.54 Å². The quantitative estimate of drug-likeness (QED) is 0.884. The fourth-order valence-electron chi connectivity index (χ4n) is 1.78. The van der Waals surface area contributed by atoms with Gasteiger partial charge in [-0.25, -0.2) is 4.98 Å². The van der Waals surface area contributed by atoms with Crippen LogP contribution in [0.25, 0.3) is 0 Å². The number of furan rings is 1. The molecule has 0 saturated carbocycles. The Morgan fingerprint density at radius 2 is 2.29 bits per heavy atom. The van der Waals surface area contributed by atoms with Crippen molar-refractivity contribution < 1.29 is 4.42 Å². The topological polar surface area (TPSA) is 55.3 Å². The second-order valence-corrected chi connectivity index (χ2v) is 4.89. The zero-order valence-electron chi connectivity index (χ0n) is 10.1. The molecule has 0 bridgehead atoms. The first-order chi connectivity index (χ1) is 8.19. The maximum absolute atomic E-state index is 5.67. The first kappa shape index (κ1) is 12.3. The van der Waals surface area contributed by atoms with Gasteiger partial charge in [-0.05, 0) is 25.6 Å². The molecular formula is C12H17N3OS. The van der Waals surface area contributed by atoms with Crippen molar-refractivity contribution in [3.63, 3.8) is 0 Å². The molecule has 17 heavy (non-hydrogen) atoms. The Bertz CT molecular complexity index is 464. The average molecular weight is 251 g/mol. The van der Waals surface area contributed by atoms with Crippen LogP contribution in [-0.2, 0) is 19.6 Å². The normalized spacial score (nSPS) is 11.3. The Labute approximate surface area is 105 Å². The molecule has 0 aliphatic heterocycles. The number of nitrogens with zero attached hydrogens (tertiary/aromatic N) is 2. The van der Waals surface area contributed by atoms with Crippen LogP contribution < -0.4 is 5.73 Å². The largest absolute Gasteiger partial charge is 0.463 e. The number of hydrogen-bond acceptors (Lipinski definition) is 5. The van der Waals surface area contributed by atoms with Crippen LogP contribution in [0.3, 0.4) is 0 Å². The van der Waals surface area contributed by atoms with Crippen molar-refractivity contribution in [1.29, 1.82) is 0 Å². The predicted octanol–water partition coefficient (Wildman–Crippen LogP) is 2.14. The van der Waals surface area contributed by atoms with Gasteiger partial charge in [0.25, 0.3) is 0 Å². The van der Waals surface area contributed by atoms with Crippen LogP contribution >= 0.6 is 11.3 Å². The predicted molar refractivity (Wildman–Crippen MR) is 68.6 cm³/mol. The molecule has 4 nitrogen and oxygen atoms in total. The second kappa shape index (κ2) is 5.44. The van der Waals surface area contributed by atoms with Crippen molar-refractivity contribution in [2.24, 2.45) is 5.73 Å². The van der Waals surface area contributed by atoms with E-state index in [9.17, 15) is 0 Å². The van der Waals surface area contributed by atoms with Gasteiger partial charge in [-0.15, -0.1) is 11.3 Å². The van der Waals surface area contributed by atoms with E-state index in [4.69, 9.17) is 10.2 Å². The molecule has 0 amide bonds. The molecule has 0 aliphatic carbocycles. The van der Waals surface area contributed by atoms with Gasteiger partial charge in [0.2, 0.25) is 0 Å². The molecule has 0 unspecified atom stereocenters. The molecule has 0 aliphatic rings. The molecule has 0 atom stereocenters. The van der Waals surface area contributed by atoms with E-state index >= 15 is 0 Å². The summed E-state index contributed by atoms with van der Waals surface area (Å²) in [6, 6.07) is 2.06. The Hall–Kier alpha value is -1.17. The van der Waals surface area contributed by atoms with Gasteiger partial charge in [0.1, 0.15) is 11.5 Å². The molecule has 92 valence electrons. The van der Waals surface area contributed by atoms with Gasteiger partial charge in [0, 0.05) is 11.9 Å². The summed E-state index contributed by atoms with van der Waals surface area (Å²) in [6.07, 6.45) is 0. The van der Waals surface area contributed by atoms with Gasteiger partial charge >= 0.3 is 0 Å². The fourth-order valence-corrected chi connectivity index (χ4v) is 2.33. The molecule has 2 heterocycles. The summed E-state index contributed by atoms with van der Waals surface area (Å²) in [7, 11) is 2.05. The molecular weight excluding hydrogens is 234 g/mol. The van der Waals surface area contributed by atoms with Crippen molar-refractivity contribution in [3.05, 3.63) is 39.7 Å². The zero-order valence-corrected chi connectivity index (χ0v) is 11.0. The molecule has 0 spiro atoms. The van der Waals surface area contributed by atoms with Crippen LogP contribution in [-0.4, -0.2) is 16.9 Å². The first-order valence-electron chi connectivity index (χ1n) is 5.53. The summed E-state index contributed by atoms with van der Waals surface area (Å²) < 4.78 is 5.67.